The summed E-state index contributed by atoms with van der Waals surface area (Å²) in [5.41, 5.74) is 0.122. The van der Waals surface area contributed by atoms with Crippen LogP contribution in [0.25, 0.3) is 0 Å². The number of carboxylic acids is 1. The van der Waals surface area contributed by atoms with Gasteiger partial charge in [-0.05, 0) is 36.5 Å². The van der Waals surface area contributed by atoms with E-state index in [-0.39, 0.29) is 22.8 Å². The second kappa shape index (κ2) is 7.41. The molecule has 1 aromatic rings. The third-order valence-electron chi connectivity index (χ3n) is 3.28. The summed E-state index contributed by atoms with van der Waals surface area (Å²) in [7, 11) is 0. The van der Waals surface area contributed by atoms with Crippen LogP contribution in [0.5, 0.6) is 0 Å². The summed E-state index contributed by atoms with van der Waals surface area (Å²) in [5, 5.41) is 11.3. The molecule has 0 spiro atoms. The van der Waals surface area contributed by atoms with Crippen LogP contribution in [0.2, 0.25) is 5.02 Å². The highest BCUT2D eigenvalue weighted by molar-refractivity contribution is 6.31. The Bertz CT molecular complexity index is 532. The highest BCUT2D eigenvalue weighted by Crippen LogP contribution is 2.26. The molecular weight excluding hydrogens is 297 g/mol. The number of carboxylic acid groups (broad SMARTS) is 1. The number of halogens is 2. The third kappa shape index (κ3) is 6.12. The fourth-order valence-electron chi connectivity index (χ4n) is 1.82. The van der Waals surface area contributed by atoms with Gasteiger partial charge >= 0.3 is 5.97 Å². The molecule has 0 aliphatic heterocycles. The van der Waals surface area contributed by atoms with Gasteiger partial charge in [-0.25, -0.2) is 4.39 Å². The van der Waals surface area contributed by atoms with Crippen molar-refractivity contribution in [3.8, 4) is 0 Å². The molecule has 0 heterocycles. The normalized spacial score (nSPS) is 11.2. The molecule has 4 nitrogen and oxygen atoms in total. The number of nitrogens with one attached hydrogen (secondary N) is 1. The molecule has 0 unspecified atom stereocenters. The molecule has 1 rings (SSSR count). The lowest BCUT2D eigenvalue weighted by Gasteiger charge is -2.23. The van der Waals surface area contributed by atoms with Gasteiger partial charge in [0.2, 0.25) is 0 Å². The number of aliphatic carboxylic acids is 1. The zero-order valence-electron chi connectivity index (χ0n) is 12.1. The first kappa shape index (κ1) is 17.4. The molecule has 21 heavy (non-hydrogen) atoms. The average Bonchev–Trinajstić information content (AvgIpc) is 2.39. The number of hydrogen-bond donors (Lipinski definition) is 2. The SMILES string of the molecule is CC(C)(CCNC(=O)c1ccc(F)c(Cl)c1)CCC(=O)O. The van der Waals surface area contributed by atoms with Crippen LogP contribution in [-0.2, 0) is 4.79 Å². The first-order valence-corrected chi connectivity index (χ1v) is 7.04. The van der Waals surface area contributed by atoms with Crippen LogP contribution in [0.4, 0.5) is 4.39 Å². The zero-order chi connectivity index (χ0) is 16.0. The van der Waals surface area contributed by atoms with E-state index in [1.807, 2.05) is 13.8 Å². The molecule has 0 saturated carbocycles. The minimum atomic E-state index is -0.826. The van der Waals surface area contributed by atoms with Crippen LogP contribution < -0.4 is 5.32 Å². The molecule has 1 aromatic carbocycles. The van der Waals surface area contributed by atoms with Gasteiger partial charge in [-0.15, -0.1) is 0 Å². The smallest absolute Gasteiger partial charge is 0.303 e. The molecular formula is C15H19ClFNO3. The van der Waals surface area contributed by atoms with E-state index in [4.69, 9.17) is 16.7 Å². The van der Waals surface area contributed by atoms with E-state index in [0.717, 1.165) is 6.07 Å². The van der Waals surface area contributed by atoms with Gasteiger partial charge in [-0.2, -0.15) is 0 Å². The van der Waals surface area contributed by atoms with Gasteiger partial charge in [0.25, 0.3) is 5.91 Å². The second-order valence-electron chi connectivity index (χ2n) is 5.69. The second-order valence-corrected chi connectivity index (χ2v) is 6.10. The van der Waals surface area contributed by atoms with E-state index >= 15 is 0 Å². The Labute approximate surface area is 128 Å². The predicted octanol–water partition coefficient (Wildman–Crippen LogP) is 3.49. The summed E-state index contributed by atoms with van der Waals surface area (Å²) < 4.78 is 13.0. The van der Waals surface area contributed by atoms with Crippen LogP contribution in [0.1, 0.15) is 43.5 Å². The van der Waals surface area contributed by atoms with Gasteiger partial charge in [-0.1, -0.05) is 25.4 Å². The highest BCUT2D eigenvalue weighted by Gasteiger charge is 2.19. The molecule has 1 amide bonds. The first-order valence-electron chi connectivity index (χ1n) is 6.66. The Morgan fingerprint density at radius 2 is 2.00 bits per heavy atom. The molecule has 2 N–H and O–H groups in total. The number of benzene rings is 1. The summed E-state index contributed by atoms with van der Waals surface area (Å²) in [6, 6.07) is 3.79. The fraction of sp³-hybridized carbons (Fsp3) is 0.467. The summed E-state index contributed by atoms with van der Waals surface area (Å²) in [5.74, 6) is -1.72. The average molecular weight is 316 g/mol. The monoisotopic (exact) mass is 315 g/mol. The summed E-state index contributed by atoms with van der Waals surface area (Å²) in [6.45, 7) is 4.33. The van der Waals surface area contributed by atoms with Crippen LogP contribution in [-0.4, -0.2) is 23.5 Å². The number of carbonyl (C=O) groups is 2. The minimum absolute atomic E-state index is 0.0931. The Morgan fingerprint density at radius 1 is 1.33 bits per heavy atom. The lowest BCUT2D eigenvalue weighted by Crippen LogP contribution is -2.28. The lowest BCUT2D eigenvalue weighted by molar-refractivity contribution is -0.137. The molecule has 0 bridgehead atoms. The van der Waals surface area contributed by atoms with E-state index in [9.17, 15) is 14.0 Å². The van der Waals surface area contributed by atoms with Crippen molar-refractivity contribution >= 4 is 23.5 Å². The topological polar surface area (TPSA) is 66.4 Å². The number of rotatable bonds is 7. The quantitative estimate of drug-likeness (QED) is 0.809. The van der Waals surface area contributed by atoms with Crippen molar-refractivity contribution in [2.75, 3.05) is 6.54 Å². The van der Waals surface area contributed by atoms with Crippen molar-refractivity contribution in [3.63, 3.8) is 0 Å². The van der Waals surface area contributed by atoms with Gasteiger partial charge in [0, 0.05) is 18.5 Å². The summed E-state index contributed by atoms with van der Waals surface area (Å²) >= 11 is 5.62. The number of amides is 1. The number of hydrogen-bond acceptors (Lipinski definition) is 2. The van der Waals surface area contributed by atoms with Crippen LogP contribution in [0.15, 0.2) is 18.2 Å². The van der Waals surface area contributed by atoms with E-state index in [1.54, 1.807) is 0 Å². The Hall–Kier alpha value is -1.62. The highest BCUT2D eigenvalue weighted by atomic mass is 35.5. The molecule has 6 heteroatoms. The Kier molecular flexibility index (Phi) is 6.15. The first-order chi connectivity index (χ1) is 9.71. The van der Waals surface area contributed by atoms with Gasteiger partial charge in [0.05, 0.1) is 5.02 Å². The maximum atomic E-state index is 13.0. The lowest BCUT2D eigenvalue weighted by atomic mass is 9.84. The Morgan fingerprint density at radius 3 is 2.57 bits per heavy atom. The van der Waals surface area contributed by atoms with Crippen LogP contribution in [0, 0.1) is 11.2 Å². The standard InChI is InChI=1S/C15H19ClFNO3/c1-15(2,6-5-13(19)20)7-8-18-14(21)10-3-4-12(17)11(16)9-10/h3-4,9H,5-8H2,1-2H3,(H,18,21)(H,19,20). The predicted molar refractivity (Wildman–Crippen MR) is 79.0 cm³/mol. The maximum absolute atomic E-state index is 13.0. The van der Waals surface area contributed by atoms with Gasteiger partial charge in [0.15, 0.2) is 0 Å². The molecule has 0 aliphatic rings. The minimum Gasteiger partial charge on any atom is -0.481 e. The van der Waals surface area contributed by atoms with Crippen molar-refractivity contribution in [3.05, 3.63) is 34.6 Å². The molecule has 0 aromatic heterocycles. The maximum Gasteiger partial charge on any atom is 0.303 e. The van der Waals surface area contributed by atoms with Crippen LogP contribution >= 0.6 is 11.6 Å². The van der Waals surface area contributed by atoms with Gasteiger partial charge < -0.3 is 10.4 Å². The van der Waals surface area contributed by atoms with Gasteiger partial charge in [-0.3, -0.25) is 9.59 Å². The molecule has 0 fully saturated rings. The van der Waals surface area contributed by atoms with Crippen molar-refractivity contribution in [1.29, 1.82) is 0 Å². The molecule has 116 valence electrons. The van der Waals surface area contributed by atoms with Crippen molar-refractivity contribution < 1.29 is 19.1 Å². The molecule has 0 saturated heterocycles. The van der Waals surface area contributed by atoms with E-state index in [1.165, 1.54) is 12.1 Å². The fourth-order valence-corrected chi connectivity index (χ4v) is 2.00. The van der Waals surface area contributed by atoms with E-state index in [2.05, 4.69) is 5.32 Å². The van der Waals surface area contributed by atoms with E-state index in [0.29, 0.717) is 24.9 Å². The molecule has 0 radical (unpaired) electrons. The Balaban J connectivity index is 2.46. The van der Waals surface area contributed by atoms with Gasteiger partial charge in [0.1, 0.15) is 5.82 Å². The van der Waals surface area contributed by atoms with Crippen molar-refractivity contribution in [1.82, 2.24) is 5.32 Å². The van der Waals surface area contributed by atoms with Crippen molar-refractivity contribution in [2.24, 2.45) is 5.41 Å². The molecule has 0 aliphatic carbocycles. The van der Waals surface area contributed by atoms with Crippen LogP contribution in [0.3, 0.4) is 0 Å². The summed E-state index contributed by atoms with van der Waals surface area (Å²) in [4.78, 5) is 22.4. The summed E-state index contributed by atoms with van der Waals surface area (Å²) in [6.07, 6.45) is 1.30. The van der Waals surface area contributed by atoms with E-state index < -0.39 is 11.8 Å². The number of carbonyl (C=O) groups excluding carboxylic acids is 1. The largest absolute Gasteiger partial charge is 0.481 e. The zero-order valence-corrected chi connectivity index (χ0v) is 12.8. The molecule has 0 atom stereocenters. The third-order valence-corrected chi connectivity index (χ3v) is 3.57. The van der Waals surface area contributed by atoms with Crippen molar-refractivity contribution in [2.45, 2.75) is 33.1 Å².